The molecule has 0 bridgehead atoms. The van der Waals surface area contributed by atoms with E-state index >= 15 is 0 Å². The lowest BCUT2D eigenvalue weighted by Gasteiger charge is -2.20. The topological polar surface area (TPSA) is 83.7 Å². The average molecular weight is 388 g/mol. The molecule has 1 saturated carbocycles. The summed E-state index contributed by atoms with van der Waals surface area (Å²) in [6, 6.07) is 6.32. The van der Waals surface area contributed by atoms with Crippen molar-refractivity contribution in [3.8, 4) is 11.3 Å². The largest absolute Gasteiger partial charge is 0.438 e. The molecule has 4 amide bonds. The number of carbonyl (C=O) groups excluding carboxylic acids is 3. The standard InChI is InChI=1S/C19H18ClN3O4/c1-11-16(12-6-8-13(20)9-7-12)27-15(21-11)10-22-17(24)18(25)23(19(22)26)14-4-2-3-5-14/h6-9,14H,2-5,10H2,1H3. The van der Waals surface area contributed by atoms with Crippen molar-refractivity contribution in [2.45, 2.75) is 45.2 Å². The molecule has 2 fully saturated rings. The monoisotopic (exact) mass is 387 g/mol. The van der Waals surface area contributed by atoms with Crippen LogP contribution in [0.5, 0.6) is 0 Å². The maximum absolute atomic E-state index is 12.6. The zero-order chi connectivity index (χ0) is 19.1. The number of urea groups is 1. The number of aryl methyl sites for hydroxylation is 1. The van der Waals surface area contributed by atoms with E-state index in [2.05, 4.69) is 4.98 Å². The molecule has 0 spiro atoms. The van der Waals surface area contributed by atoms with E-state index in [0.717, 1.165) is 41.0 Å². The molecule has 140 valence electrons. The Morgan fingerprint density at radius 2 is 1.78 bits per heavy atom. The van der Waals surface area contributed by atoms with Gasteiger partial charge in [-0.05, 0) is 44.0 Å². The summed E-state index contributed by atoms with van der Waals surface area (Å²) in [5.41, 5.74) is 1.42. The predicted molar refractivity (Wildman–Crippen MR) is 96.7 cm³/mol. The molecule has 1 aromatic heterocycles. The van der Waals surface area contributed by atoms with Gasteiger partial charge in [-0.25, -0.2) is 14.7 Å². The Bertz CT molecular complexity index is 916. The Morgan fingerprint density at radius 3 is 2.44 bits per heavy atom. The Labute approximate surface area is 160 Å². The first-order chi connectivity index (χ1) is 13.0. The fourth-order valence-corrected chi connectivity index (χ4v) is 3.80. The molecule has 4 rings (SSSR count). The van der Waals surface area contributed by atoms with Gasteiger partial charge in [-0.3, -0.25) is 14.5 Å². The molecule has 27 heavy (non-hydrogen) atoms. The van der Waals surface area contributed by atoms with E-state index in [9.17, 15) is 14.4 Å². The average Bonchev–Trinajstić information content (AvgIpc) is 3.33. The van der Waals surface area contributed by atoms with Gasteiger partial charge in [0.15, 0.2) is 5.76 Å². The molecule has 7 nitrogen and oxygen atoms in total. The van der Waals surface area contributed by atoms with Crippen LogP contribution >= 0.6 is 11.6 Å². The van der Waals surface area contributed by atoms with Crippen LogP contribution in [0.3, 0.4) is 0 Å². The second-order valence-electron chi connectivity index (χ2n) is 6.82. The highest BCUT2D eigenvalue weighted by molar-refractivity contribution is 6.44. The molecule has 2 aliphatic rings. The molecule has 1 aliphatic carbocycles. The SMILES string of the molecule is Cc1nc(CN2C(=O)C(=O)N(C3CCCC3)C2=O)oc1-c1ccc(Cl)cc1. The van der Waals surface area contributed by atoms with Gasteiger partial charge in [-0.2, -0.15) is 0 Å². The summed E-state index contributed by atoms with van der Waals surface area (Å²) in [6.45, 7) is 1.61. The highest BCUT2D eigenvalue weighted by Crippen LogP contribution is 2.30. The summed E-state index contributed by atoms with van der Waals surface area (Å²) >= 11 is 5.91. The minimum absolute atomic E-state index is 0.166. The van der Waals surface area contributed by atoms with Crippen LogP contribution in [-0.2, 0) is 16.1 Å². The molecule has 2 aromatic rings. The molecule has 1 aliphatic heterocycles. The second-order valence-corrected chi connectivity index (χ2v) is 7.25. The Morgan fingerprint density at radius 1 is 1.11 bits per heavy atom. The number of imide groups is 2. The predicted octanol–water partition coefficient (Wildman–Crippen LogP) is 3.54. The fraction of sp³-hybridized carbons (Fsp3) is 0.368. The van der Waals surface area contributed by atoms with Crippen LogP contribution in [-0.4, -0.2) is 38.7 Å². The van der Waals surface area contributed by atoms with Crippen LogP contribution < -0.4 is 0 Å². The van der Waals surface area contributed by atoms with Crippen molar-refractivity contribution in [2.24, 2.45) is 0 Å². The smallest absolute Gasteiger partial charge is 0.334 e. The van der Waals surface area contributed by atoms with E-state index in [1.165, 1.54) is 0 Å². The number of benzene rings is 1. The second kappa shape index (κ2) is 6.81. The van der Waals surface area contributed by atoms with Crippen LogP contribution in [0.15, 0.2) is 28.7 Å². The number of nitrogens with zero attached hydrogens (tertiary/aromatic N) is 3. The van der Waals surface area contributed by atoms with Gasteiger partial charge in [-0.15, -0.1) is 0 Å². The summed E-state index contributed by atoms with van der Waals surface area (Å²) in [6.07, 6.45) is 3.41. The molecular formula is C19H18ClN3O4. The summed E-state index contributed by atoms with van der Waals surface area (Å²) in [4.78, 5) is 43.6. The van der Waals surface area contributed by atoms with Gasteiger partial charge in [0.2, 0.25) is 5.89 Å². The van der Waals surface area contributed by atoms with Crippen molar-refractivity contribution in [1.29, 1.82) is 0 Å². The van der Waals surface area contributed by atoms with Crippen molar-refractivity contribution in [2.75, 3.05) is 0 Å². The normalized spacial score (nSPS) is 18.2. The molecular weight excluding hydrogens is 370 g/mol. The van der Waals surface area contributed by atoms with Crippen LogP contribution in [0.2, 0.25) is 5.02 Å². The van der Waals surface area contributed by atoms with E-state index in [0.29, 0.717) is 16.5 Å². The summed E-state index contributed by atoms with van der Waals surface area (Å²) in [7, 11) is 0. The van der Waals surface area contributed by atoms with E-state index in [4.69, 9.17) is 16.0 Å². The molecule has 2 heterocycles. The van der Waals surface area contributed by atoms with Crippen molar-refractivity contribution in [3.05, 3.63) is 40.9 Å². The van der Waals surface area contributed by atoms with Gasteiger partial charge in [0.1, 0.15) is 6.54 Å². The van der Waals surface area contributed by atoms with E-state index in [1.807, 2.05) is 0 Å². The van der Waals surface area contributed by atoms with E-state index in [-0.39, 0.29) is 18.5 Å². The molecule has 0 unspecified atom stereocenters. The third kappa shape index (κ3) is 3.12. The quantitative estimate of drug-likeness (QED) is 0.591. The Hall–Kier alpha value is -2.67. The number of aromatic nitrogens is 1. The first-order valence-corrected chi connectivity index (χ1v) is 9.25. The Balaban J connectivity index is 1.56. The molecule has 0 N–H and O–H groups in total. The van der Waals surface area contributed by atoms with Gasteiger partial charge in [0.05, 0.1) is 5.69 Å². The van der Waals surface area contributed by atoms with Gasteiger partial charge in [0.25, 0.3) is 0 Å². The maximum Gasteiger partial charge on any atom is 0.334 e. The number of hydrogen-bond donors (Lipinski definition) is 0. The van der Waals surface area contributed by atoms with Crippen LogP contribution in [0.1, 0.15) is 37.3 Å². The minimum atomic E-state index is -0.823. The summed E-state index contributed by atoms with van der Waals surface area (Å²) < 4.78 is 5.76. The molecule has 1 aromatic carbocycles. The van der Waals surface area contributed by atoms with Gasteiger partial charge in [-0.1, -0.05) is 24.4 Å². The number of oxazole rings is 1. The maximum atomic E-state index is 12.6. The number of hydrogen-bond acceptors (Lipinski definition) is 5. The van der Waals surface area contributed by atoms with Gasteiger partial charge in [0, 0.05) is 16.6 Å². The molecule has 0 radical (unpaired) electrons. The highest BCUT2D eigenvalue weighted by atomic mass is 35.5. The number of halogens is 1. The number of carbonyl (C=O) groups is 3. The highest BCUT2D eigenvalue weighted by Gasteiger charge is 2.48. The van der Waals surface area contributed by atoms with Crippen LogP contribution in [0.25, 0.3) is 11.3 Å². The number of amides is 4. The lowest BCUT2D eigenvalue weighted by atomic mass is 10.1. The van der Waals surface area contributed by atoms with Crippen LogP contribution in [0, 0.1) is 6.92 Å². The van der Waals surface area contributed by atoms with E-state index in [1.54, 1.807) is 31.2 Å². The molecule has 8 heteroatoms. The van der Waals surface area contributed by atoms with E-state index < -0.39 is 17.8 Å². The zero-order valence-electron chi connectivity index (χ0n) is 14.8. The zero-order valence-corrected chi connectivity index (χ0v) is 15.5. The van der Waals surface area contributed by atoms with Crippen molar-refractivity contribution >= 4 is 29.4 Å². The summed E-state index contributed by atoms with van der Waals surface area (Å²) in [5.74, 6) is -0.830. The molecule has 1 saturated heterocycles. The number of rotatable bonds is 4. The minimum Gasteiger partial charge on any atom is -0.438 e. The summed E-state index contributed by atoms with van der Waals surface area (Å²) in [5, 5.41) is 0.606. The lowest BCUT2D eigenvalue weighted by molar-refractivity contribution is -0.144. The van der Waals surface area contributed by atoms with Gasteiger partial charge < -0.3 is 4.42 Å². The Kier molecular flexibility index (Phi) is 4.47. The van der Waals surface area contributed by atoms with Crippen molar-refractivity contribution < 1.29 is 18.8 Å². The first-order valence-electron chi connectivity index (χ1n) is 8.87. The molecule has 0 atom stereocenters. The third-order valence-electron chi connectivity index (χ3n) is 5.01. The van der Waals surface area contributed by atoms with Gasteiger partial charge >= 0.3 is 17.8 Å². The third-order valence-corrected chi connectivity index (χ3v) is 5.27. The van der Waals surface area contributed by atoms with Crippen molar-refractivity contribution in [1.82, 2.24) is 14.8 Å². The van der Waals surface area contributed by atoms with Crippen LogP contribution in [0.4, 0.5) is 4.79 Å². The lowest BCUT2D eigenvalue weighted by Crippen LogP contribution is -2.39. The first kappa shape index (κ1) is 17.7. The van der Waals surface area contributed by atoms with Crippen molar-refractivity contribution in [3.63, 3.8) is 0 Å². The fourth-order valence-electron chi connectivity index (χ4n) is 3.67.